The third kappa shape index (κ3) is 3.67. The fourth-order valence-corrected chi connectivity index (χ4v) is 3.74. The second-order valence-electron chi connectivity index (χ2n) is 5.77. The standard InChI is InChI=1S/C19H18N2O4S/c1-2-26(23,24)18-9-13(3-6-17(18)19(20)22)12-25-16-5-4-14-7-8-21-11-15(14)10-16/h3-11H,2,12H2,1H3,(H2,20,22). The van der Waals surface area contributed by atoms with Crippen LogP contribution in [0.25, 0.3) is 10.8 Å². The highest BCUT2D eigenvalue weighted by Crippen LogP contribution is 2.23. The Morgan fingerprint density at radius 2 is 1.92 bits per heavy atom. The lowest BCUT2D eigenvalue weighted by atomic mass is 10.1. The van der Waals surface area contributed by atoms with Gasteiger partial charge in [-0.2, -0.15) is 0 Å². The van der Waals surface area contributed by atoms with E-state index in [1.807, 2.05) is 24.3 Å². The first-order chi connectivity index (χ1) is 12.4. The van der Waals surface area contributed by atoms with E-state index in [1.54, 1.807) is 18.5 Å². The van der Waals surface area contributed by atoms with Crippen LogP contribution in [0, 0.1) is 0 Å². The van der Waals surface area contributed by atoms with Crippen LogP contribution in [-0.2, 0) is 16.4 Å². The summed E-state index contributed by atoms with van der Waals surface area (Å²) in [4.78, 5) is 15.5. The average Bonchev–Trinajstić information content (AvgIpc) is 2.65. The van der Waals surface area contributed by atoms with E-state index >= 15 is 0 Å². The highest BCUT2D eigenvalue weighted by atomic mass is 32.2. The smallest absolute Gasteiger partial charge is 0.250 e. The van der Waals surface area contributed by atoms with Crippen LogP contribution in [0.2, 0.25) is 0 Å². The van der Waals surface area contributed by atoms with Crippen LogP contribution >= 0.6 is 0 Å². The molecule has 0 aliphatic rings. The zero-order valence-electron chi connectivity index (χ0n) is 14.2. The lowest BCUT2D eigenvalue weighted by Crippen LogP contribution is -2.17. The number of amides is 1. The molecule has 0 radical (unpaired) electrons. The molecule has 0 unspecified atom stereocenters. The Bertz CT molecular complexity index is 1080. The van der Waals surface area contributed by atoms with Crippen molar-refractivity contribution < 1.29 is 17.9 Å². The lowest BCUT2D eigenvalue weighted by Gasteiger charge is -2.11. The van der Waals surface area contributed by atoms with Gasteiger partial charge in [0.1, 0.15) is 12.4 Å². The summed E-state index contributed by atoms with van der Waals surface area (Å²) in [5.41, 5.74) is 5.92. The van der Waals surface area contributed by atoms with Gasteiger partial charge in [0.05, 0.1) is 16.2 Å². The summed E-state index contributed by atoms with van der Waals surface area (Å²) in [5.74, 6) is -0.245. The molecule has 0 aliphatic heterocycles. The fraction of sp³-hybridized carbons (Fsp3) is 0.158. The Balaban J connectivity index is 1.87. The van der Waals surface area contributed by atoms with Crippen molar-refractivity contribution in [1.82, 2.24) is 4.98 Å². The predicted molar refractivity (Wildman–Crippen MR) is 98.8 cm³/mol. The summed E-state index contributed by atoms with van der Waals surface area (Å²) in [6.07, 6.45) is 3.47. The summed E-state index contributed by atoms with van der Waals surface area (Å²) in [7, 11) is -3.57. The Labute approximate surface area is 151 Å². The number of sulfone groups is 1. The highest BCUT2D eigenvalue weighted by Gasteiger charge is 2.20. The predicted octanol–water partition coefficient (Wildman–Crippen LogP) is 2.71. The fourth-order valence-electron chi connectivity index (χ4n) is 2.59. The zero-order valence-corrected chi connectivity index (χ0v) is 15.0. The molecule has 26 heavy (non-hydrogen) atoms. The maximum Gasteiger partial charge on any atom is 0.250 e. The number of carbonyl (C=O) groups excluding carboxylic acids is 1. The van der Waals surface area contributed by atoms with Gasteiger partial charge in [-0.15, -0.1) is 0 Å². The number of carbonyl (C=O) groups is 1. The molecule has 3 rings (SSSR count). The monoisotopic (exact) mass is 370 g/mol. The van der Waals surface area contributed by atoms with E-state index in [0.717, 1.165) is 10.8 Å². The topological polar surface area (TPSA) is 99.3 Å². The van der Waals surface area contributed by atoms with Gasteiger partial charge < -0.3 is 10.5 Å². The Morgan fingerprint density at radius 3 is 2.65 bits per heavy atom. The second-order valence-corrected chi connectivity index (χ2v) is 8.02. The first-order valence-corrected chi connectivity index (χ1v) is 9.68. The van der Waals surface area contributed by atoms with Crippen molar-refractivity contribution in [3.8, 4) is 5.75 Å². The lowest BCUT2D eigenvalue weighted by molar-refractivity contribution is 0.0997. The van der Waals surface area contributed by atoms with Crippen molar-refractivity contribution in [2.75, 3.05) is 5.75 Å². The van der Waals surface area contributed by atoms with Crippen molar-refractivity contribution in [3.05, 3.63) is 66.0 Å². The Morgan fingerprint density at radius 1 is 1.12 bits per heavy atom. The number of hydrogen-bond donors (Lipinski definition) is 1. The van der Waals surface area contributed by atoms with Crippen LogP contribution < -0.4 is 10.5 Å². The molecule has 1 amide bonds. The molecule has 0 saturated carbocycles. The van der Waals surface area contributed by atoms with E-state index in [4.69, 9.17) is 10.5 Å². The number of nitrogens with two attached hydrogens (primary N) is 1. The number of benzene rings is 2. The highest BCUT2D eigenvalue weighted by molar-refractivity contribution is 7.91. The van der Waals surface area contributed by atoms with Gasteiger partial charge in [-0.05, 0) is 41.3 Å². The van der Waals surface area contributed by atoms with Crippen molar-refractivity contribution in [2.24, 2.45) is 5.73 Å². The van der Waals surface area contributed by atoms with Gasteiger partial charge in [-0.25, -0.2) is 8.42 Å². The molecular formula is C19H18N2O4S. The minimum absolute atomic E-state index is 0.00706. The molecule has 0 spiro atoms. The summed E-state index contributed by atoms with van der Waals surface area (Å²) < 4.78 is 30.3. The van der Waals surface area contributed by atoms with Crippen molar-refractivity contribution in [3.63, 3.8) is 0 Å². The maximum absolute atomic E-state index is 12.2. The molecule has 7 heteroatoms. The van der Waals surface area contributed by atoms with Gasteiger partial charge in [0.25, 0.3) is 0 Å². The number of fused-ring (bicyclic) bond motifs is 1. The SMILES string of the molecule is CCS(=O)(=O)c1cc(COc2ccc3ccncc3c2)ccc1C(N)=O. The summed E-state index contributed by atoms with van der Waals surface area (Å²) in [6, 6.07) is 12.0. The molecule has 0 fully saturated rings. The van der Waals surface area contributed by atoms with Crippen LogP contribution in [0.3, 0.4) is 0 Å². The molecule has 2 aromatic carbocycles. The average molecular weight is 370 g/mol. The van der Waals surface area contributed by atoms with Crippen LogP contribution in [0.1, 0.15) is 22.8 Å². The first kappa shape index (κ1) is 17.9. The number of hydrogen-bond acceptors (Lipinski definition) is 5. The second kappa shape index (κ2) is 7.13. The van der Waals surface area contributed by atoms with Gasteiger partial charge in [0, 0.05) is 17.8 Å². The molecule has 2 N–H and O–H groups in total. The first-order valence-electron chi connectivity index (χ1n) is 8.03. The largest absolute Gasteiger partial charge is 0.489 e. The molecule has 134 valence electrons. The van der Waals surface area contributed by atoms with E-state index < -0.39 is 15.7 Å². The van der Waals surface area contributed by atoms with E-state index in [-0.39, 0.29) is 22.8 Å². The molecule has 1 heterocycles. The van der Waals surface area contributed by atoms with Gasteiger partial charge in [-0.3, -0.25) is 9.78 Å². The molecule has 0 bridgehead atoms. The van der Waals surface area contributed by atoms with E-state index in [2.05, 4.69) is 4.98 Å². The van der Waals surface area contributed by atoms with Crippen molar-refractivity contribution in [2.45, 2.75) is 18.4 Å². The minimum Gasteiger partial charge on any atom is -0.489 e. The Hall–Kier alpha value is -2.93. The quantitative estimate of drug-likeness (QED) is 0.719. The van der Waals surface area contributed by atoms with Gasteiger partial charge >= 0.3 is 0 Å². The van der Waals surface area contributed by atoms with Gasteiger partial charge in [0.2, 0.25) is 5.91 Å². The van der Waals surface area contributed by atoms with Crippen molar-refractivity contribution in [1.29, 1.82) is 0 Å². The molecule has 0 saturated heterocycles. The normalized spacial score (nSPS) is 11.4. The molecule has 6 nitrogen and oxygen atoms in total. The molecule has 3 aromatic rings. The Kier molecular flexibility index (Phi) is 4.90. The van der Waals surface area contributed by atoms with Crippen LogP contribution in [-0.4, -0.2) is 25.1 Å². The van der Waals surface area contributed by atoms with Gasteiger partial charge in [0.15, 0.2) is 9.84 Å². The third-order valence-electron chi connectivity index (χ3n) is 4.04. The maximum atomic E-state index is 12.2. The summed E-state index contributed by atoms with van der Waals surface area (Å²) >= 11 is 0. The number of pyridine rings is 1. The molecule has 0 aliphatic carbocycles. The number of aromatic nitrogens is 1. The zero-order chi connectivity index (χ0) is 18.7. The number of ether oxygens (including phenoxy) is 1. The van der Waals surface area contributed by atoms with Crippen LogP contribution in [0.15, 0.2) is 59.8 Å². The summed E-state index contributed by atoms with van der Waals surface area (Å²) in [5, 5.41) is 2.00. The van der Waals surface area contributed by atoms with E-state index in [9.17, 15) is 13.2 Å². The summed E-state index contributed by atoms with van der Waals surface area (Å²) in [6.45, 7) is 1.68. The molecule has 1 aromatic heterocycles. The van der Waals surface area contributed by atoms with Crippen LogP contribution in [0.4, 0.5) is 0 Å². The van der Waals surface area contributed by atoms with E-state index in [1.165, 1.54) is 19.1 Å². The van der Waals surface area contributed by atoms with Gasteiger partial charge in [-0.1, -0.05) is 19.1 Å². The third-order valence-corrected chi connectivity index (χ3v) is 5.81. The number of primary amides is 1. The number of nitrogens with zero attached hydrogens (tertiary/aromatic N) is 1. The molecule has 0 atom stereocenters. The minimum atomic E-state index is -3.57. The van der Waals surface area contributed by atoms with Crippen LogP contribution in [0.5, 0.6) is 5.75 Å². The molecular weight excluding hydrogens is 352 g/mol. The van der Waals surface area contributed by atoms with Crippen molar-refractivity contribution >= 4 is 26.5 Å². The number of rotatable bonds is 6. The van der Waals surface area contributed by atoms with E-state index in [0.29, 0.717) is 11.3 Å².